The molecule has 0 aliphatic rings. The van der Waals surface area contributed by atoms with Crippen molar-refractivity contribution >= 4 is 40.0 Å². The lowest BCUT2D eigenvalue weighted by molar-refractivity contribution is -0.113. The molecule has 2 aromatic carbocycles. The minimum Gasteiger partial charge on any atom is -0.497 e. The Morgan fingerprint density at radius 1 is 1.05 bits per heavy atom. The van der Waals surface area contributed by atoms with Gasteiger partial charge in [0.2, 0.25) is 5.91 Å². The number of hydrogen-bond donors (Lipinski definition) is 1. The van der Waals surface area contributed by atoms with Gasteiger partial charge in [-0.1, -0.05) is 41.6 Å². The lowest BCUT2D eigenvalue weighted by Crippen LogP contribution is -2.16. The molecule has 38 heavy (non-hydrogen) atoms. The number of rotatable bonds is 10. The van der Waals surface area contributed by atoms with Gasteiger partial charge in [-0.15, -0.1) is 21.5 Å². The van der Waals surface area contributed by atoms with E-state index in [0.717, 1.165) is 16.9 Å². The maximum Gasteiger partial charge on any atom is 0.341 e. The quantitative estimate of drug-likeness (QED) is 0.203. The van der Waals surface area contributed by atoms with E-state index in [1.165, 1.54) is 30.2 Å². The van der Waals surface area contributed by atoms with E-state index in [2.05, 4.69) is 15.5 Å². The Kier molecular flexibility index (Phi) is 8.70. The number of nitrogens with one attached hydrogen (secondary N) is 1. The third-order valence-corrected chi connectivity index (χ3v) is 7.65. The summed E-state index contributed by atoms with van der Waals surface area (Å²) >= 11 is 2.53. The van der Waals surface area contributed by atoms with Gasteiger partial charge in [-0.2, -0.15) is 0 Å². The van der Waals surface area contributed by atoms with Gasteiger partial charge in [-0.3, -0.25) is 4.79 Å². The SMILES string of the molecule is COC(=O)c1c(-c2ccc(C)cc2)csc1NC(=O)CSc1nnc(C(C)Oc2ccc(OC)cc2)n1C. The first-order valence-electron chi connectivity index (χ1n) is 11.7. The van der Waals surface area contributed by atoms with E-state index in [4.69, 9.17) is 14.2 Å². The van der Waals surface area contributed by atoms with Crippen LogP contribution >= 0.6 is 23.1 Å². The molecule has 2 heterocycles. The second-order valence-electron chi connectivity index (χ2n) is 8.38. The number of thiophene rings is 1. The summed E-state index contributed by atoms with van der Waals surface area (Å²) in [5, 5.41) is 14.2. The van der Waals surface area contributed by atoms with Crippen molar-refractivity contribution in [1.82, 2.24) is 14.8 Å². The number of thioether (sulfide) groups is 1. The highest BCUT2D eigenvalue weighted by molar-refractivity contribution is 7.99. The van der Waals surface area contributed by atoms with Gasteiger partial charge in [0, 0.05) is 18.0 Å². The van der Waals surface area contributed by atoms with Crippen LogP contribution in [-0.4, -0.2) is 46.6 Å². The van der Waals surface area contributed by atoms with E-state index < -0.39 is 5.97 Å². The molecule has 4 aromatic rings. The first-order valence-corrected chi connectivity index (χ1v) is 13.6. The zero-order valence-corrected chi connectivity index (χ0v) is 23.3. The van der Waals surface area contributed by atoms with Crippen LogP contribution in [0.4, 0.5) is 5.00 Å². The van der Waals surface area contributed by atoms with Crippen molar-refractivity contribution in [3.63, 3.8) is 0 Å². The van der Waals surface area contributed by atoms with Crippen molar-refractivity contribution < 1.29 is 23.8 Å². The molecule has 0 saturated heterocycles. The highest BCUT2D eigenvalue weighted by Crippen LogP contribution is 2.36. The van der Waals surface area contributed by atoms with Crippen molar-refractivity contribution in [2.24, 2.45) is 7.05 Å². The minimum atomic E-state index is -0.506. The third-order valence-electron chi connectivity index (χ3n) is 5.73. The fraction of sp³-hybridized carbons (Fsp3) is 0.259. The molecule has 0 aliphatic carbocycles. The number of hydrogen-bond acceptors (Lipinski definition) is 9. The molecule has 4 rings (SSSR count). The Hall–Kier alpha value is -3.83. The van der Waals surface area contributed by atoms with E-state index in [9.17, 15) is 9.59 Å². The number of carbonyl (C=O) groups is 2. The fourth-order valence-corrected chi connectivity index (χ4v) is 5.40. The third kappa shape index (κ3) is 6.17. The Morgan fingerprint density at radius 3 is 2.39 bits per heavy atom. The molecule has 0 spiro atoms. The summed E-state index contributed by atoms with van der Waals surface area (Å²) < 4.78 is 18.0. The summed E-state index contributed by atoms with van der Waals surface area (Å²) in [7, 11) is 4.76. The van der Waals surface area contributed by atoms with Crippen LogP contribution in [0.1, 0.15) is 34.8 Å². The first-order chi connectivity index (χ1) is 18.3. The minimum absolute atomic E-state index is 0.0814. The standard InChI is InChI=1S/C27H28N4O5S2/c1-16-6-8-18(9-7-16)21-14-37-25(23(21)26(33)35-5)28-22(32)15-38-27-30-29-24(31(27)3)17(2)36-20-12-10-19(34-4)11-13-20/h6-14,17H,15H2,1-5H3,(H,28,32). The average Bonchev–Trinajstić information content (AvgIpc) is 3.51. The van der Waals surface area contributed by atoms with Crippen LogP contribution in [0.3, 0.4) is 0 Å². The van der Waals surface area contributed by atoms with Gasteiger partial charge < -0.3 is 24.1 Å². The number of aryl methyl sites for hydroxylation is 1. The molecule has 0 bridgehead atoms. The average molecular weight is 553 g/mol. The molecular weight excluding hydrogens is 524 g/mol. The second kappa shape index (κ2) is 12.1. The summed E-state index contributed by atoms with van der Waals surface area (Å²) in [5.41, 5.74) is 3.04. The van der Waals surface area contributed by atoms with Gasteiger partial charge in [0.1, 0.15) is 22.1 Å². The largest absolute Gasteiger partial charge is 0.497 e. The topological polar surface area (TPSA) is 105 Å². The summed E-state index contributed by atoms with van der Waals surface area (Å²) in [6.07, 6.45) is -0.363. The van der Waals surface area contributed by atoms with Crippen LogP contribution in [0.5, 0.6) is 11.5 Å². The van der Waals surface area contributed by atoms with E-state index in [1.807, 2.05) is 74.8 Å². The smallest absolute Gasteiger partial charge is 0.341 e. The number of aromatic nitrogens is 3. The maximum atomic E-state index is 12.8. The molecule has 0 fully saturated rings. The first kappa shape index (κ1) is 27.2. The predicted molar refractivity (Wildman–Crippen MR) is 148 cm³/mol. The number of benzene rings is 2. The summed E-state index contributed by atoms with van der Waals surface area (Å²) in [6, 6.07) is 15.1. The van der Waals surface area contributed by atoms with Crippen LogP contribution in [-0.2, 0) is 16.6 Å². The Morgan fingerprint density at radius 2 is 1.74 bits per heavy atom. The number of anilines is 1. The highest BCUT2D eigenvalue weighted by Gasteiger charge is 2.23. The fourth-order valence-electron chi connectivity index (χ4n) is 3.71. The molecule has 0 aliphatic heterocycles. The molecular formula is C27H28N4O5S2. The van der Waals surface area contributed by atoms with Gasteiger partial charge in [0.15, 0.2) is 17.1 Å². The van der Waals surface area contributed by atoms with Crippen LogP contribution < -0.4 is 14.8 Å². The van der Waals surface area contributed by atoms with Crippen LogP contribution in [0.25, 0.3) is 11.1 Å². The highest BCUT2D eigenvalue weighted by atomic mass is 32.2. The van der Waals surface area contributed by atoms with Crippen molar-refractivity contribution in [2.45, 2.75) is 25.1 Å². The summed E-state index contributed by atoms with van der Waals surface area (Å²) in [4.78, 5) is 25.4. The Labute approximate surface area is 229 Å². The van der Waals surface area contributed by atoms with Gasteiger partial charge in [-0.05, 0) is 43.7 Å². The number of methoxy groups -OCH3 is 2. The molecule has 9 nitrogen and oxygen atoms in total. The number of esters is 1. The monoisotopic (exact) mass is 552 g/mol. The molecule has 1 amide bonds. The van der Waals surface area contributed by atoms with Crippen LogP contribution in [0, 0.1) is 6.92 Å². The zero-order valence-electron chi connectivity index (χ0n) is 21.7. The van der Waals surface area contributed by atoms with Crippen LogP contribution in [0.2, 0.25) is 0 Å². The number of amides is 1. The predicted octanol–water partition coefficient (Wildman–Crippen LogP) is 5.52. The van der Waals surface area contributed by atoms with Gasteiger partial charge in [-0.25, -0.2) is 4.79 Å². The van der Waals surface area contributed by atoms with Crippen molar-refractivity contribution in [3.05, 3.63) is 70.9 Å². The molecule has 198 valence electrons. The molecule has 1 N–H and O–H groups in total. The van der Waals surface area contributed by atoms with Crippen molar-refractivity contribution in [1.29, 1.82) is 0 Å². The molecule has 0 radical (unpaired) electrons. The van der Waals surface area contributed by atoms with Crippen molar-refractivity contribution in [3.8, 4) is 22.6 Å². The maximum absolute atomic E-state index is 12.8. The zero-order chi connectivity index (χ0) is 27.2. The van der Waals surface area contributed by atoms with E-state index in [1.54, 1.807) is 11.7 Å². The molecule has 1 unspecified atom stereocenters. The molecule has 11 heteroatoms. The van der Waals surface area contributed by atoms with E-state index in [-0.39, 0.29) is 17.8 Å². The van der Waals surface area contributed by atoms with E-state index in [0.29, 0.717) is 32.9 Å². The Balaban J connectivity index is 1.41. The van der Waals surface area contributed by atoms with Crippen molar-refractivity contribution in [2.75, 3.05) is 25.3 Å². The molecule has 1 atom stereocenters. The molecule has 0 saturated carbocycles. The van der Waals surface area contributed by atoms with Gasteiger partial charge >= 0.3 is 5.97 Å². The number of ether oxygens (including phenoxy) is 3. The molecule has 2 aromatic heterocycles. The van der Waals surface area contributed by atoms with E-state index >= 15 is 0 Å². The Bertz CT molecular complexity index is 1410. The lowest BCUT2D eigenvalue weighted by atomic mass is 10.0. The summed E-state index contributed by atoms with van der Waals surface area (Å²) in [6.45, 7) is 3.88. The normalized spacial score (nSPS) is 11.6. The van der Waals surface area contributed by atoms with Gasteiger partial charge in [0.05, 0.1) is 20.0 Å². The second-order valence-corrected chi connectivity index (χ2v) is 10.2. The summed E-state index contributed by atoms with van der Waals surface area (Å²) in [5.74, 6) is 1.35. The number of carbonyl (C=O) groups excluding carboxylic acids is 2. The van der Waals surface area contributed by atoms with Crippen LogP contribution in [0.15, 0.2) is 59.1 Å². The van der Waals surface area contributed by atoms with Gasteiger partial charge in [0.25, 0.3) is 0 Å². The number of nitrogens with zero attached hydrogens (tertiary/aromatic N) is 3. The lowest BCUT2D eigenvalue weighted by Gasteiger charge is -2.14.